The van der Waals surface area contributed by atoms with E-state index < -0.39 is 5.91 Å². The molecule has 1 amide bonds. The van der Waals surface area contributed by atoms with Crippen LogP contribution in [0.2, 0.25) is 0 Å². The zero-order valence-electron chi connectivity index (χ0n) is 16.2. The summed E-state index contributed by atoms with van der Waals surface area (Å²) in [6.45, 7) is 3.85. The van der Waals surface area contributed by atoms with Crippen LogP contribution in [0.15, 0.2) is 53.7 Å². The van der Waals surface area contributed by atoms with Gasteiger partial charge in [-0.25, -0.2) is 9.38 Å². The smallest absolute Gasteiger partial charge is 0.248 e. The van der Waals surface area contributed by atoms with Crippen molar-refractivity contribution in [1.82, 2.24) is 15.6 Å². The maximum Gasteiger partial charge on any atom is 0.248 e. The molecule has 0 radical (unpaired) electrons. The van der Waals surface area contributed by atoms with E-state index in [1.165, 1.54) is 12.1 Å². The maximum atomic E-state index is 13.3. The van der Waals surface area contributed by atoms with Crippen LogP contribution in [0.4, 0.5) is 4.39 Å². The van der Waals surface area contributed by atoms with Crippen molar-refractivity contribution in [2.45, 2.75) is 19.9 Å². The molecule has 5 N–H and O–H groups in total. The second-order valence-electron chi connectivity index (χ2n) is 6.44. The minimum absolute atomic E-state index is 0. The van der Waals surface area contributed by atoms with Gasteiger partial charge in [0.1, 0.15) is 5.82 Å². The maximum absolute atomic E-state index is 13.3. The van der Waals surface area contributed by atoms with Gasteiger partial charge in [-0.05, 0) is 54.8 Å². The van der Waals surface area contributed by atoms with Crippen molar-refractivity contribution in [1.29, 1.82) is 0 Å². The van der Waals surface area contributed by atoms with Crippen LogP contribution in [-0.4, -0.2) is 29.9 Å². The third kappa shape index (κ3) is 6.18. The number of aliphatic imine (C=N–C) groups is 1. The van der Waals surface area contributed by atoms with Gasteiger partial charge in [0, 0.05) is 35.8 Å². The Morgan fingerprint density at radius 2 is 2.03 bits per heavy atom. The highest BCUT2D eigenvalue weighted by Gasteiger charge is 2.06. The van der Waals surface area contributed by atoms with Gasteiger partial charge < -0.3 is 21.4 Å². The van der Waals surface area contributed by atoms with E-state index in [2.05, 4.69) is 20.6 Å². The van der Waals surface area contributed by atoms with Crippen molar-refractivity contribution in [2.75, 3.05) is 13.1 Å². The molecular weight excluding hydrogens is 484 g/mol. The minimum Gasteiger partial charge on any atom is -0.366 e. The van der Waals surface area contributed by atoms with E-state index in [9.17, 15) is 9.18 Å². The summed E-state index contributed by atoms with van der Waals surface area (Å²) >= 11 is 0. The van der Waals surface area contributed by atoms with Crippen LogP contribution < -0.4 is 16.4 Å². The molecule has 0 bridgehead atoms. The molecule has 0 aliphatic rings. The molecule has 0 aliphatic heterocycles. The van der Waals surface area contributed by atoms with Gasteiger partial charge in [0.25, 0.3) is 0 Å². The number of nitrogens with two attached hydrogens (primary N) is 1. The SMILES string of the molecule is CCNC(=NCc1cccc(C(N)=O)c1)NCCc1c[nH]c2cc(F)ccc12.I. The number of amides is 1. The second-order valence-corrected chi connectivity index (χ2v) is 6.44. The number of halogens is 2. The van der Waals surface area contributed by atoms with E-state index in [1.807, 2.05) is 19.2 Å². The fourth-order valence-electron chi connectivity index (χ4n) is 3.02. The number of H-pyrrole nitrogens is 1. The largest absolute Gasteiger partial charge is 0.366 e. The number of hydrogen-bond donors (Lipinski definition) is 4. The number of aromatic nitrogens is 1. The van der Waals surface area contributed by atoms with Crippen LogP contribution in [0.25, 0.3) is 10.9 Å². The molecule has 0 saturated heterocycles. The van der Waals surface area contributed by atoms with Crippen LogP contribution in [0, 0.1) is 5.82 Å². The lowest BCUT2D eigenvalue weighted by molar-refractivity contribution is 0.1000. The summed E-state index contributed by atoms with van der Waals surface area (Å²) in [6.07, 6.45) is 2.68. The van der Waals surface area contributed by atoms with Crippen molar-refractivity contribution in [3.63, 3.8) is 0 Å². The van der Waals surface area contributed by atoms with E-state index in [4.69, 9.17) is 5.73 Å². The van der Waals surface area contributed by atoms with E-state index in [-0.39, 0.29) is 29.8 Å². The summed E-state index contributed by atoms with van der Waals surface area (Å²) in [6, 6.07) is 11.9. The molecule has 0 fully saturated rings. The lowest BCUT2D eigenvalue weighted by atomic mass is 10.1. The molecule has 8 heteroatoms. The zero-order valence-corrected chi connectivity index (χ0v) is 18.5. The molecule has 3 aromatic rings. The van der Waals surface area contributed by atoms with E-state index >= 15 is 0 Å². The van der Waals surface area contributed by atoms with Gasteiger partial charge in [0.2, 0.25) is 5.91 Å². The van der Waals surface area contributed by atoms with Gasteiger partial charge in [0.05, 0.1) is 6.54 Å². The third-order valence-corrected chi connectivity index (χ3v) is 4.39. The molecule has 0 unspecified atom stereocenters. The quantitative estimate of drug-likeness (QED) is 0.224. The molecule has 6 nitrogen and oxygen atoms in total. The molecule has 1 aromatic heterocycles. The van der Waals surface area contributed by atoms with Crippen LogP contribution in [0.5, 0.6) is 0 Å². The number of nitrogens with one attached hydrogen (secondary N) is 3. The second kappa shape index (κ2) is 10.8. The molecule has 0 aliphatic carbocycles. The Bertz CT molecular complexity index is 1000. The summed E-state index contributed by atoms with van der Waals surface area (Å²) in [5.74, 6) is -0.00618. The van der Waals surface area contributed by atoms with Crippen LogP contribution in [0.1, 0.15) is 28.4 Å². The summed E-state index contributed by atoms with van der Waals surface area (Å²) in [5, 5.41) is 7.53. The fourth-order valence-corrected chi connectivity index (χ4v) is 3.02. The standard InChI is InChI=1S/C21H24FN5O.HI/c1-2-24-21(27-12-14-4-3-5-15(10-14)20(23)28)25-9-8-16-13-26-19-11-17(22)6-7-18(16)19;/h3-7,10-11,13,26H,2,8-9,12H2,1H3,(H2,23,28)(H2,24,25,27);1H. The minimum atomic E-state index is -0.450. The van der Waals surface area contributed by atoms with Gasteiger partial charge in [-0.3, -0.25) is 4.79 Å². The Balaban J connectivity index is 0.00000300. The first-order valence-corrected chi connectivity index (χ1v) is 9.23. The highest BCUT2D eigenvalue weighted by atomic mass is 127. The molecule has 29 heavy (non-hydrogen) atoms. The first-order valence-electron chi connectivity index (χ1n) is 9.23. The summed E-state index contributed by atoms with van der Waals surface area (Å²) in [5.41, 5.74) is 8.62. The Kier molecular flexibility index (Phi) is 8.44. The number of fused-ring (bicyclic) bond motifs is 1. The van der Waals surface area contributed by atoms with Crippen LogP contribution in [-0.2, 0) is 13.0 Å². The molecule has 154 valence electrons. The molecule has 2 aromatic carbocycles. The predicted octanol–water partition coefficient (Wildman–Crippen LogP) is 3.32. The van der Waals surface area contributed by atoms with Gasteiger partial charge in [-0.2, -0.15) is 0 Å². The van der Waals surface area contributed by atoms with Gasteiger partial charge >= 0.3 is 0 Å². The third-order valence-electron chi connectivity index (χ3n) is 4.39. The number of guanidine groups is 1. The monoisotopic (exact) mass is 509 g/mol. The number of carbonyl (C=O) groups is 1. The average Bonchev–Trinajstić information content (AvgIpc) is 3.08. The summed E-state index contributed by atoms with van der Waals surface area (Å²) in [4.78, 5) is 19.0. The van der Waals surface area contributed by atoms with E-state index in [0.717, 1.165) is 35.0 Å². The Hall–Kier alpha value is -2.62. The normalized spacial score (nSPS) is 11.2. The lowest BCUT2D eigenvalue weighted by Crippen LogP contribution is -2.38. The Labute approximate surface area is 186 Å². The number of carbonyl (C=O) groups excluding carboxylic acids is 1. The summed E-state index contributed by atoms with van der Waals surface area (Å²) in [7, 11) is 0. The lowest BCUT2D eigenvalue weighted by Gasteiger charge is -2.11. The number of primary amides is 1. The van der Waals surface area contributed by atoms with E-state index in [1.54, 1.807) is 24.3 Å². The van der Waals surface area contributed by atoms with E-state index in [0.29, 0.717) is 24.6 Å². The fraction of sp³-hybridized carbons (Fsp3) is 0.238. The number of hydrogen-bond acceptors (Lipinski definition) is 2. The van der Waals surface area contributed by atoms with Crippen molar-refractivity contribution in [3.05, 3.63) is 71.2 Å². The number of rotatable bonds is 7. The average molecular weight is 509 g/mol. The molecular formula is C21H25FIN5O. The highest BCUT2D eigenvalue weighted by molar-refractivity contribution is 14.0. The number of benzene rings is 2. The summed E-state index contributed by atoms with van der Waals surface area (Å²) < 4.78 is 13.3. The Morgan fingerprint density at radius 3 is 2.79 bits per heavy atom. The van der Waals surface area contributed by atoms with Crippen molar-refractivity contribution in [2.24, 2.45) is 10.7 Å². The topological polar surface area (TPSA) is 95.3 Å². The highest BCUT2D eigenvalue weighted by Crippen LogP contribution is 2.19. The molecule has 0 saturated carbocycles. The van der Waals surface area contributed by atoms with Crippen LogP contribution in [0.3, 0.4) is 0 Å². The first-order chi connectivity index (χ1) is 13.6. The Morgan fingerprint density at radius 1 is 1.21 bits per heavy atom. The first kappa shape index (κ1) is 22.7. The van der Waals surface area contributed by atoms with Crippen LogP contribution >= 0.6 is 24.0 Å². The molecule has 0 atom stereocenters. The van der Waals surface area contributed by atoms with Crippen molar-refractivity contribution < 1.29 is 9.18 Å². The van der Waals surface area contributed by atoms with Crippen molar-refractivity contribution >= 4 is 46.7 Å². The van der Waals surface area contributed by atoms with Gasteiger partial charge in [-0.15, -0.1) is 24.0 Å². The zero-order chi connectivity index (χ0) is 19.9. The molecule has 3 rings (SSSR count). The predicted molar refractivity (Wildman–Crippen MR) is 125 cm³/mol. The molecule has 1 heterocycles. The van der Waals surface area contributed by atoms with Crippen molar-refractivity contribution in [3.8, 4) is 0 Å². The van der Waals surface area contributed by atoms with Gasteiger partial charge in [0.15, 0.2) is 5.96 Å². The van der Waals surface area contributed by atoms with Gasteiger partial charge in [-0.1, -0.05) is 12.1 Å². The number of aromatic amines is 1. The number of nitrogens with zero attached hydrogens (tertiary/aromatic N) is 1. The molecule has 0 spiro atoms.